The largest absolute Gasteiger partial charge is 0.478 e. The van der Waals surface area contributed by atoms with E-state index in [4.69, 9.17) is 5.11 Å². The molecule has 0 unspecified atom stereocenters. The molecule has 1 aliphatic carbocycles. The van der Waals surface area contributed by atoms with Gasteiger partial charge in [-0.05, 0) is 22.0 Å². The quantitative estimate of drug-likeness (QED) is 0.707. The highest BCUT2D eigenvalue weighted by molar-refractivity contribution is 9.12. The molecule has 5 heteroatoms. The van der Waals surface area contributed by atoms with Crippen LogP contribution in [0.4, 0.5) is 0 Å². The molecule has 0 saturated carbocycles. The van der Waals surface area contributed by atoms with E-state index in [1.54, 1.807) is 6.08 Å². The number of carbonyl (C=O) groups is 1. The van der Waals surface area contributed by atoms with Crippen molar-refractivity contribution >= 4 is 38.0 Å². The van der Waals surface area contributed by atoms with Crippen molar-refractivity contribution in [3.05, 3.63) is 22.2 Å². The molecule has 0 fully saturated rings. The molecule has 3 nitrogen and oxygen atoms in total. The normalized spacial score (nSPS) is 16.6. The molecule has 0 aromatic heterocycles. The fraction of sp³-hybridized carbons (Fsp3) is 0.143. The molecule has 1 N–H and O–H groups in total. The molecule has 0 aliphatic heterocycles. The number of aliphatic carboxylic acids is 1. The molecule has 0 radical (unpaired) electrons. The van der Waals surface area contributed by atoms with E-state index in [2.05, 4.69) is 15.9 Å². The topological polar surface area (TPSA) is 54.4 Å². The van der Waals surface area contributed by atoms with Crippen LogP contribution in [-0.2, 0) is 16.1 Å². The number of rotatable bonds is 1. The van der Waals surface area contributed by atoms with Gasteiger partial charge in [0.25, 0.3) is 0 Å². The van der Waals surface area contributed by atoms with Crippen LogP contribution in [0.25, 0.3) is 0 Å². The molecule has 1 rings (SSSR count). The Kier molecular flexibility index (Phi) is 2.99. The minimum absolute atomic E-state index is 0.216. The van der Waals surface area contributed by atoms with Crippen LogP contribution in [0, 0.1) is 0 Å². The Morgan fingerprint density at radius 1 is 1.67 bits per heavy atom. The lowest BCUT2D eigenvalue weighted by Crippen LogP contribution is -2.07. The summed E-state index contributed by atoms with van der Waals surface area (Å²) in [6.45, 7) is 0. The van der Waals surface area contributed by atoms with Gasteiger partial charge in [-0.2, -0.15) is 0 Å². The average molecular weight is 249 g/mol. The number of carboxylic acids is 1. The van der Waals surface area contributed by atoms with E-state index in [9.17, 15) is 9.00 Å². The fourth-order valence-electron chi connectivity index (χ4n) is 0.826. The SMILES string of the molecule is O=S=C1C=C(Br)C(C(=O)O)=CC1. The van der Waals surface area contributed by atoms with Crippen molar-refractivity contribution in [3.63, 3.8) is 0 Å². The van der Waals surface area contributed by atoms with E-state index < -0.39 is 5.97 Å². The van der Waals surface area contributed by atoms with E-state index in [-0.39, 0.29) is 5.57 Å². The predicted molar refractivity (Wildman–Crippen MR) is 50.5 cm³/mol. The second-order valence-corrected chi connectivity index (χ2v) is 3.71. The lowest BCUT2D eigenvalue weighted by Gasteiger charge is -2.06. The smallest absolute Gasteiger partial charge is 0.336 e. The van der Waals surface area contributed by atoms with E-state index >= 15 is 0 Å². The zero-order valence-corrected chi connectivity index (χ0v) is 8.31. The highest BCUT2D eigenvalue weighted by Crippen LogP contribution is 2.22. The van der Waals surface area contributed by atoms with Crippen LogP contribution in [0.2, 0.25) is 0 Å². The Bertz CT molecular complexity index is 337. The summed E-state index contributed by atoms with van der Waals surface area (Å²) in [5.74, 6) is -0.979. The average Bonchev–Trinajstić information content (AvgIpc) is 2.03. The highest BCUT2D eigenvalue weighted by Gasteiger charge is 2.15. The summed E-state index contributed by atoms with van der Waals surface area (Å²) in [6, 6.07) is 0. The van der Waals surface area contributed by atoms with Gasteiger partial charge in [0.15, 0.2) is 0 Å². The van der Waals surface area contributed by atoms with Crippen LogP contribution >= 0.6 is 15.9 Å². The first-order valence-electron chi connectivity index (χ1n) is 3.12. The van der Waals surface area contributed by atoms with Gasteiger partial charge in [-0.1, -0.05) is 6.08 Å². The van der Waals surface area contributed by atoms with Crippen LogP contribution in [0.5, 0.6) is 0 Å². The van der Waals surface area contributed by atoms with Crippen molar-refractivity contribution in [2.75, 3.05) is 0 Å². The van der Waals surface area contributed by atoms with Gasteiger partial charge in [-0.25, -0.2) is 9.00 Å². The van der Waals surface area contributed by atoms with E-state index in [0.717, 1.165) is 0 Å². The van der Waals surface area contributed by atoms with Gasteiger partial charge in [0.2, 0.25) is 0 Å². The third-order valence-corrected chi connectivity index (χ3v) is 2.54. The number of hydrogen-bond donors (Lipinski definition) is 1. The minimum atomic E-state index is -0.979. The number of halogens is 1. The molecule has 0 bridgehead atoms. The third-order valence-electron chi connectivity index (χ3n) is 1.39. The van der Waals surface area contributed by atoms with Gasteiger partial charge < -0.3 is 5.11 Å². The molecular formula is C7H5BrO3S. The zero-order chi connectivity index (χ0) is 9.14. The summed E-state index contributed by atoms with van der Waals surface area (Å²) < 4.78 is 10.8. The first-order valence-corrected chi connectivity index (χ1v) is 4.65. The van der Waals surface area contributed by atoms with Gasteiger partial charge in [-0.3, -0.25) is 0 Å². The summed E-state index contributed by atoms with van der Waals surface area (Å²) in [5.41, 5.74) is 0.216. The summed E-state index contributed by atoms with van der Waals surface area (Å²) >= 11 is 3.46. The molecule has 0 aromatic rings. The molecule has 12 heavy (non-hydrogen) atoms. The molecule has 0 saturated heterocycles. The molecule has 0 heterocycles. The summed E-state index contributed by atoms with van der Waals surface area (Å²) in [7, 11) is 0. The maximum Gasteiger partial charge on any atom is 0.336 e. The van der Waals surface area contributed by atoms with Crippen LogP contribution in [0.1, 0.15) is 6.42 Å². The van der Waals surface area contributed by atoms with Crippen molar-refractivity contribution < 1.29 is 14.1 Å². The van der Waals surface area contributed by atoms with Crippen molar-refractivity contribution in [2.24, 2.45) is 0 Å². The Hall–Kier alpha value is -0.680. The van der Waals surface area contributed by atoms with Gasteiger partial charge in [0.1, 0.15) is 0 Å². The molecule has 64 valence electrons. The van der Waals surface area contributed by atoms with Crippen LogP contribution < -0.4 is 0 Å². The highest BCUT2D eigenvalue weighted by atomic mass is 79.9. The zero-order valence-electron chi connectivity index (χ0n) is 5.91. The number of allylic oxidation sites excluding steroid dienone is 2. The van der Waals surface area contributed by atoms with Gasteiger partial charge in [0.05, 0.1) is 21.7 Å². The summed E-state index contributed by atoms with van der Waals surface area (Å²) in [4.78, 5) is 11.1. The predicted octanol–water partition coefficient (Wildman–Crippen LogP) is 1.07. The Morgan fingerprint density at radius 3 is 2.75 bits per heavy atom. The lowest BCUT2D eigenvalue weighted by molar-refractivity contribution is -0.132. The Balaban J connectivity index is 3.01. The Morgan fingerprint density at radius 2 is 2.33 bits per heavy atom. The molecule has 0 spiro atoms. The van der Waals surface area contributed by atoms with Gasteiger partial charge in [0, 0.05) is 10.9 Å². The second kappa shape index (κ2) is 3.82. The van der Waals surface area contributed by atoms with Gasteiger partial charge >= 0.3 is 5.97 Å². The lowest BCUT2D eigenvalue weighted by atomic mass is 10.1. The summed E-state index contributed by atoms with van der Waals surface area (Å²) in [5, 5.41) is 8.63. The standard InChI is InChI=1S/C7H5BrO3S/c8-6-3-4(12-11)1-2-5(6)7(9)10/h2-3H,1H2,(H,9,10). The Labute approximate surface area is 81.0 Å². The maximum atomic E-state index is 10.5. The number of hydrogen-bond acceptors (Lipinski definition) is 2. The number of carboxylic acid groups (broad SMARTS) is 1. The van der Waals surface area contributed by atoms with Crippen molar-refractivity contribution in [1.29, 1.82) is 0 Å². The molecule has 1 aliphatic rings. The second-order valence-electron chi connectivity index (χ2n) is 2.17. The molecule has 0 aromatic carbocycles. The first kappa shape index (κ1) is 9.41. The fourth-order valence-corrected chi connectivity index (χ4v) is 1.90. The molecular weight excluding hydrogens is 244 g/mol. The maximum absolute atomic E-state index is 10.5. The van der Waals surface area contributed by atoms with Crippen LogP contribution in [-0.4, -0.2) is 20.1 Å². The van der Waals surface area contributed by atoms with Crippen molar-refractivity contribution in [2.45, 2.75) is 6.42 Å². The first-order chi connectivity index (χ1) is 5.65. The van der Waals surface area contributed by atoms with Crippen LogP contribution in [0.15, 0.2) is 22.2 Å². The molecule has 0 amide bonds. The van der Waals surface area contributed by atoms with E-state index in [1.807, 2.05) is 0 Å². The minimum Gasteiger partial charge on any atom is -0.478 e. The monoisotopic (exact) mass is 248 g/mol. The van der Waals surface area contributed by atoms with E-state index in [0.29, 0.717) is 27.0 Å². The third kappa shape index (κ3) is 1.92. The van der Waals surface area contributed by atoms with E-state index in [1.165, 1.54) is 6.08 Å². The molecule has 0 atom stereocenters. The van der Waals surface area contributed by atoms with Gasteiger partial charge in [-0.15, -0.1) is 0 Å². The van der Waals surface area contributed by atoms with Crippen LogP contribution in [0.3, 0.4) is 0 Å². The van der Waals surface area contributed by atoms with Crippen molar-refractivity contribution in [3.8, 4) is 0 Å². The van der Waals surface area contributed by atoms with Crippen molar-refractivity contribution in [1.82, 2.24) is 0 Å². The summed E-state index contributed by atoms with van der Waals surface area (Å²) in [6.07, 6.45) is 3.47.